The normalized spacial score (nSPS) is 11.4. The average molecular weight is 316 g/mol. The zero-order valence-corrected chi connectivity index (χ0v) is 11.3. The van der Waals surface area contributed by atoms with Gasteiger partial charge < -0.3 is 4.98 Å². The molecule has 0 aliphatic heterocycles. The van der Waals surface area contributed by atoms with Crippen molar-refractivity contribution in [2.24, 2.45) is 0 Å². The first-order valence-electron chi connectivity index (χ1n) is 4.77. The van der Waals surface area contributed by atoms with Crippen molar-refractivity contribution in [2.75, 3.05) is 4.72 Å². The van der Waals surface area contributed by atoms with Gasteiger partial charge in [0.25, 0.3) is 10.0 Å². The SMILES string of the molecule is Cc1c(Br)cccc1NS(=O)(=O)c1cnc[nH]1. The largest absolute Gasteiger partial charge is 0.334 e. The van der Waals surface area contributed by atoms with Gasteiger partial charge in [-0.15, -0.1) is 0 Å². The highest BCUT2D eigenvalue weighted by Crippen LogP contribution is 2.25. The second-order valence-corrected chi connectivity index (χ2v) is 5.94. The summed E-state index contributed by atoms with van der Waals surface area (Å²) < 4.78 is 27.2. The summed E-state index contributed by atoms with van der Waals surface area (Å²) in [5.74, 6) is 0. The molecule has 0 atom stereocenters. The fraction of sp³-hybridized carbons (Fsp3) is 0.100. The van der Waals surface area contributed by atoms with Crippen LogP contribution in [-0.4, -0.2) is 18.4 Å². The second kappa shape index (κ2) is 4.50. The van der Waals surface area contributed by atoms with Crippen LogP contribution in [0.4, 0.5) is 5.69 Å². The summed E-state index contributed by atoms with van der Waals surface area (Å²) in [6.45, 7) is 1.83. The number of nitrogens with one attached hydrogen (secondary N) is 2. The number of benzene rings is 1. The molecule has 2 N–H and O–H groups in total. The molecule has 90 valence electrons. The highest BCUT2D eigenvalue weighted by molar-refractivity contribution is 9.10. The van der Waals surface area contributed by atoms with Gasteiger partial charge in [0.1, 0.15) is 0 Å². The first-order chi connectivity index (χ1) is 8.00. The summed E-state index contributed by atoms with van der Waals surface area (Å²) in [6, 6.07) is 5.32. The number of hydrogen-bond acceptors (Lipinski definition) is 3. The minimum absolute atomic E-state index is 0.0388. The third kappa shape index (κ3) is 2.50. The zero-order valence-electron chi connectivity index (χ0n) is 8.94. The van der Waals surface area contributed by atoms with E-state index in [2.05, 4.69) is 30.6 Å². The molecule has 0 saturated heterocycles. The number of halogens is 1. The third-order valence-electron chi connectivity index (χ3n) is 2.27. The molecule has 7 heteroatoms. The lowest BCUT2D eigenvalue weighted by Gasteiger charge is -2.10. The van der Waals surface area contributed by atoms with Gasteiger partial charge >= 0.3 is 0 Å². The minimum atomic E-state index is -3.60. The summed E-state index contributed by atoms with van der Waals surface area (Å²) in [5.41, 5.74) is 1.37. The van der Waals surface area contributed by atoms with Crippen molar-refractivity contribution in [1.29, 1.82) is 0 Å². The van der Waals surface area contributed by atoms with Crippen molar-refractivity contribution >= 4 is 31.6 Å². The quantitative estimate of drug-likeness (QED) is 0.912. The van der Waals surface area contributed by atoms with Crippen molar-refractivity contribution in [1.82, 2.24) is 9.97 Å². The predicted molar refractivity (Wildman–Crippen MR) is 68.3 cm³/mol. The Morgan fingerprint density at radius 2 is 2.18 bits per heavy atom. The van der Waals surface area contributed by atoms with Crippen LogP contribution in [0.1, 0.15) is 5.56 Å². The maximum atomic E-state index is 11.9. The van der Waals surface area contributed by atoms with Gasteiger partial charge in [-0.2, -0.15) is 8.42 Å². The topological polar surface area (TPSA) is 74.8 Å². The second-order valence-electron chi connectivity index (χ2n) is 3.43. The highest BCUT2D eigenvalue weighted by Gasteiger charge is 2.16. The molecule has 5 nitrogen and oxygen atoms in total. The Balaban J connectivity index is 2.37. The molecular formula is C10H10BrN3O2S. The molecule has 0 saturated carbocycles. The minimum Gasteiger partial charge on any atom is -0.334 e. The molecule has 1 aromatic carbocycles. The summed E-state index contributed by atoms with van der Waals surface area (Å²) in [6.07, 6.45) is 2.58. The van der Waals surface area contributed by atoms with Crippen LogP contribution in [0.5, 0.6) is 0 Å². The van der Waals surface area contributed by atoms with Gasteiger partial charge in [0.15, 0.2) is 5.03 Å². The smallest absolute Gasteiger partial charge is 0.278 e. The van der Waals surface area contributed by atoms with Crippen LogP contribution in [0.15, 0.2) is 40.2 Å². The first-order valence-corrected chi connectivity index (χ1v) is 7.04. The summed E-state index contributed by atoms with van der Waals surface area (Å²) in [5, 5.41) is 0.0388. The monoisotopic (exact) mass is 315 g/mol. The molecule has 0 amide bonds. The molecule has 0 spiro atoms. The molecular weight excluding hydrogens is 306 g/mol. The van der Waals surface area contributed by atoms with E-state index in [-0.39, 0.29) is 5.03 Å². The predicted octanol–water partition coefficient (Wildman–Crippen LogP) is 2.28. The number of aromatic nitrogens is 2. The summed E-state index contributed by atoms with van der Waals surface area (Å²) >= 11 is 3.35. The molecule has 0 bridgehead atoms. The van der Waals surface area contributed by atoms with E-state index < -0.39 is 10.0 Å². The number of rotatable bonds is 3. The maximum Gasteiger partial charge on any atom is 0.278 e. The molecule has 1 aromatic heterocycles. The van der Waals surface area contributed by atoms with E-state index in [9.17, 15) is 8.42 Å². The van der Waals surface area contributed by atoms with Crippen molar-refractivity contribution in [3.05, 3.63) is 40.8 Å². The van der Waals surface area contributed by atoms with Crippen LogP contribution in [0.2, 0.25) is 0 Å². The molecule has 2 rings (SSSR count). The van der Waals surface area contributed by atoms with Crippen molar-refractivity contribution in [3.63, 3.8) is 0 Å². The van der Waals surface area contributed by atoms with Crippen LogP contribution < -0.4 is 4.72 Å². The van der Waals surface area contributed by atoms with Crippen molar-refractivity contribution in [2.45, 2.75) is 11.9 Å². The fourth-order valence-electron chi connectivity index (χ4n) is 1.31. The molecule has 0 aliphatic carbocycles. The zero-order chi connectivity index (χ0) is 12.5. The van der Waals surface area contributed by atoms with E-state index in [0.29, 0.717) is 5.69 Å². The van der Waals surface area contributed by atoms with E-state index in [1.54, 1.807) is 12.1 Å². The van der Waals surface area contributed by atoms with Crippen molar-refractivity contribution in [3.8, 4) is 0 Å². The van der Waals surface area contributed by atoms with E-state index in [4.69, 9.17) is 0 Å². The van der Waals surface area contributed by atoms with E-state index in [0.717, 1.165) is 10.0 Å². The van der Waals surface area contributed by atoms with Crippen LogP contribution in [0.25, 0.3) is 0 Å². The van der Waals surface area contributed by atoms with Crippen LogP contribution >= 0.6 is 15.9 Å². The number of hydrogen-bond donors (Lipinski definition) is 2. The molecule has 0 radical (unpaired) electrons. The fourth-order valence-corrected chi connectivity index (χ4v) is 2.70. The Kier molecular flexibility index (Phi) is 3.21. The van der Waals surface area contributed by atoms with Gasteiger partial charge in [0.05, 0.1) is 18.2 Å². The number of aromatic amines is 1. The molecule has 17 heavy (non-hydrogen) atoms. The Labute approximate surface area is 107 Å². The van der Waals surface area contributed by atoms with Gasteiger partial charge in [-0.05, 0) is 24.6 Å². The Morgan fingerprint density at radius 1 is 1.41 bits per heavy atom. The van der Waals surface area contributed by atoms with Gasteiger partial charge in [0, 0.05) is 4.47 Å². The van der Waals surface area contributed by atoms with Crippen LogP contribution in [0, 0.1) is 6.92 Å². The van der Waals surface area contributed by atoms with E-state index >= 15 is 0 Å². The summed E-state index contributed by atoms with van der Waals surface area (Å²) in [7, 11) is -3.60. The van der Waals surface area contributed by atoms with E-state index in [1.165, 1.54) is 12.5 Å². The lowest BCUT2D eigenvalue weighted by Crippen LogP contribution is -2.14. The van der Waals surface area contributed by atoms with Gasteiger partial charge in [-0.1, -0.05) is 22.0 Å². The number of imidazole rings is 1. The number of H-pyrrole nitrogens is 1. The van der Waals surface area contributed by atoms with Gasteiger partial charge in [-0.3, -0.25) is 4.72 Å². The molecule has 1 heterocycles. The lowest BCUT2D eigenvalue weighted by molar-refractivity contribution is 0.598. The standard InChI is InChI=1S/C10H10BrN3O2S/c1-7-8(11)3-2-4-9(7)14-17(15,16)10-5-12-6-13-10/h2-6,14H,1H3,(H,12,13). The maximum absolute atomic E-state index is 11.9. The van der Waals surface area contributed by atoms with Gasteiger partial charge in [0.2, 0.25) is 0 Å². The molecule has 0 unspecified atom stereocenters. The van der Waals surface area contributed by atoms with Gasteiger partial charge in [-0.25, -0.2) is 4.98 Å². The Hall–Kier alpha value is -1.34. The number of anilines is 1. The van der Waals surface area contributed by atoms with E-state index in [1.807, 2.05) is 13.0 Å². The first kappa shape index (κ1) is 12.1. The molecule has 2 aromatic rings. The third-order valence-corrected chi connectivity index (χ3v) is 4.42. The Morgan fingerprint density at radius 3 is 2.82 bits per heavy atom. The lowest BCUT2D eigenvalue weighted by atomic mass is 10.2. The number of sulfonamides is 1. The molecule has 0 aliphatic rings. The van der Waals surface area contributed by atoms with Crippen LogP contribution in [-0.2, 0) is 10.0 Å². The highest BCUT2D eigenvalue weighted by atomic mass is 79.9. The number of nitrogens with zero attached hydrogens (tertiary/aromatic N) is 1. The van der Waals surface area contributed by atoms with Crippen LogP contribution in [0.3, 0.4) is 0 Å². The molecule has 0 fully saturated rings. The Bertz CT molecular complexity index is 623. The van der Waals surface area contributed by atoms with Crippen molar-refractivity contribution < 1.29 is 8.42 Å². The average Bonchev–Trinajstić information content (AvgIpc) is 2.78. The summed E-state index contributed by atoms with van der Waals surface area (Å²) in [4.78, 5) is 6.24.